The number of rotatable bonds is 6. The van der Waals surface area contributed by atoms with E-state index < -0.39 is 0 Å². The largest absolute Gasteiger partial charge is 0.380 e. The van der Waals surface area contributed by atoms with Crippen molar-refractivity contribution in [1.29, 1.82) is 0 Å². The van der Waals surface area contributed by atoms with Crippen molar-refractivity contribution in [3.8, 4) is 0 Å². The summed E-state index contributed by atoms with van der Waals surface area (Å²) in [5, 5.41) is 0. The van der Waals surface area contributed by atoms with E-state index in [9.17, 15) is 0 Å². The van der Waals surface area contributed by atoms with Crippen LogP contribution in [-0.4, -0.2) is 39.0 Å². The van der Waals surface area contributed by atoms with Crippen LogP contribution < -0.4 is 11.5 Å². The topological polar surface area (TPSA) is 70.5 Å². The van der Waals surface area contributed by atoms with Gasteiger partial charge in [0.2, 0.25) is 0 Å². The fourth-order valence-corrected chi connectivity index (χ4v) is 0.807. The third-order valence-electron chi connectivity index (χ3n) is 1.53. The summed E-state index contributed by atoms with van der Waals surface area (Å²) in [6.45, 7) is 3.54. The van der Waals surface area contributed by atoms with Gasteiger partial charge in [-0.25, -0.2) is 0 Å². The van der Waals surface area contributed by atoms with Crippen molar-refractivity contribution in [2.75, 3.05) is 26.9 Å². The summed E-state index contributed by atoms with van der Waals surface area (Å²) >= 11 is 0. The number of methoxy groups -OCH3 is 1. The van der Waals surface area contributed by atoms with Crippen LogP contribution in [0.2, 0.25) is 0 Å². The average molecular weight is 162 g/mol. The van der Waals surface area contributed by atoms with Gasteiger partial charge in [0.1, 0.15) is 0 Å². The molecule has 0 aliphatic carbocycles. The zero-order valence-electron chi connectivity index (χ0n) is 7.25. The van der Waals surface area contributed by atoms with Gasteiger partial charge in [-0.1, -0.05) is 0 Å². The molecule has 2 atom stereocenters. The minimum atomic E-state index is -0.120. The Balaban J connectivity index is 3.51. The average Bonchev–Trinajstić information content (AvgIpc) is 2.03. The highest BCUT2D eigenvalue weighted by atomic mass is 16.5. The van der Waals surface area contributed by atoms with Crippen LogP contribution in [-0.2, 0) is 9.47 Å². The van der Waals surface area contributed by atoms with Crippen molar-refractivity contribution in [3.63, 3.8) is 0 Å². The lowest BCUT2D eigenvalue weighted by Crippen LogP contribution is -2.44. The van der Waals surface area contributed by atoms with E-state index in [1.807, 2.05) is 6.92 Å². The molecule has 0 amide bonds. The molecule has 0 aliphatic heterocycles. The van der Waals surface area contributed by atoms with E-state index in [2.05, 4.69) is 0 Å². The van der Waals surface area contributed by atoms with Gasteiger partial charge in [0.25, 0.3) is 0 Å². The summed E-state index contributed by atoms with van der Waals surface area (Å²) < 4.78 is 10.1. The molecule has 0 heterocycles. The minimum Gasteiger partial charge on any atom is -0.380 e. The Kier molecular flexibility index (Phi) is 6.45. The van der Waals surface area contributed by atoms with Crippen LogP contribution >= 0.6 is 0 Å². The van der Waals surface area contributed by atoms with Gasteiger partial charge in [-0.3, -0.25) is 0 Å². The van der Waals surface area contributed by atoms with Crippen LogP contribution in [0.3, 0.4) is 0 Å². The van der Waals surface area contributed by atoms with Gasteiger partial charge in [-0.15, -0.1) is 0 Å². The third-order valence-corrected chi connectivity index (χ3v) is 1.53. The van der Waals surface area contributed by atoms with Gasteiger partial charge >= 0.3 is 0 Å². The molecular weight excluding hydrogens is 144 g/mol. The first-order valence-corrected chi connectivity index (χ1v) is 3.82. The van der Waals surface area contributed by atoms with Crippen molar-refractivity contribution < 1.29 is 9.47 Å². The first-order valence-electron chi connectivity index (χ1n) is 3.82. The van der Waals surface area contributed by atoms with E-state index in [1.54, 1.807) is 7.11 Å². The summed E-state index contributed by atoms with van der Waals surface area (Å²) in [7, 11) is 1.60. The van der Waals surface area contributed by atoms with Gasteiger partial charge in [0.05, 0.1) is 18.8 Å². The molecule has 0 bridgehead atoms. The standard InChI is InChI=1S/C7H18N2O2/c1-3-11-5-6(9)7(4-8)10-2/h6-7H,3-5,8-9H2,1-2H3. The molecule has 4 N–H and O–H groups in total. The lowest BCUT2D eigenvalue weighted by molar-refractivity contribution is 0.0423. The lowest BCUT2D eigenvalue weighted by Gasteiger charge is -2.20. The van der Waals surface area contributed by atoms with Crippen LogP contribution in [0.15, 0.2) is 0 Å². The van der Waals surface area contributed by atoms with Crippen LogP contribution in [0.1, 0.15) is 6.92 Å². The van der Waals surface area contributed by atoms with Crippen molar-refractivity contribution in [2.24, 2.45) is 11.5 Å². The van der Waals surface area contributed by atoms with Gasteiger partial charge in [-0.2, -0.15) is 0 Å². The quantitative estimate of drug-likeness (QED) is 0.543. The highest BCUT2D eigenvalue weighted by Crippen LogP contribution is 1.94. The Morgan fingerprint density at radius 2 is 2.09 bits per heavy atom. The molecule has 68 valence electrons. The molecule has 0 aromatic carbocycles. The number of nitrogens with two attached hydrogens (primary N) is 2. The smallest absolute Gasteiger partial charge is 0.0866 e. The Morgan fingerprint density at radius 3 is 2.45 bits per heavy atom. The molecule has 4 nitrogen and oxygen atoms in total. The van der Waals surface area contributed by atoms with E-state index in [0.717, 1.165) is 0 Å². The maximum Gasteiger partial charge on any atom is 0.0866 e. The maximum absolute atomic E-state index is 5.70. The lowest BCUT2D eigenvalue weighted by atomic mass is 10.2. The van der Waals surface area contributed by atoms with E-state index in [4.69, 9.17) is 20.9 Å². The molecule has 2 unspecified atom stereocenters. The second-order valence-corrected chi connectivity index (χ2v) is 2.33. The van der Waals surface area contributed by atoms with Crippen LogP contribution in [0.25, 0.3) is 0 Å². The summed E-state index contributed by atoms with van der Waals surface area (Å²) in [6, 6.07) is -0.120. The molecule has 0 saturated heterocycles. The van der Waals surface area contributed by atoms with Gasteiger partial charge in [0, 0.05) is 20.3 Å². The van der Waals surface area contributed by atoms with Crippen LogP contribution in [0.4, 0.5) is 0 Å². The maximum atomic E-state index is 5.70. The highest BCUT2D eigenvalue weighted by Gasteiger charge is 2.14. The minimum absolute atomic E-state index is 0.0958. The molecule has 0 aromatic rings. The second kappa shape index (κ2) is 6.54. The van der Waals surface area contributed by atoms with Crippen LogP contribution in [0.5, 0.6) is 0 Å². The Labute approximate surface area is 67.8 Å². The summed E-state index contributed by atoms with van der Waals surface area (Å²) in [4.78, 5) is 0. The first kappa shape index (κ1) is 10.8. The van der Waals surface area contributed by atoms with E-state index in [0.29, 0.717) is 19.8 Å². The predicted octanol–water partition coefficient (Wildman–Crippen LogP) is -0.676. The van der Waals surface area contributed by atoms with Gasteiger partial charge in [0.15, 0.2) is 0 Å². The summed E-state index contributed by atoms with van der Waals surface area (Å²) in [6.07, 6.45) is -0.0958. The fraction of sp³-hybridized carbons (Fsp3) is 1.00. The zero-order valence-corrected chi connectivity index (χ0v) is 7.25. The molecule has 0 rings (SSSR count). The van der Waals surface area contributed by atoms with Gasteiger partial charge in [-0.05, 0) is 6.92 Å². The van der Waals surface area contributed by atoms with Crippen molar-refractivity contribution in [2.45, 2.75) is 19.1 Å². The molecule has 0 spiro atoms. The molecule has 0 saturated carbocycles. The Bertz CT molecular complexity index is 86.5. The summed E-state index contributed by atoms with van der Waals surface area (Å²) in [5.74, 6) is 0. The molecule has 0 fully saturated rings. The molecule has 0 aromatic heterocycles. The molecular formula is C7H18N2O2. The van der Waals surface area contributed by atoms with Crippen molar-refractivity contribution in [3.05, 3.63) is 0 Å². The molecule has 4 heteroatoms. The van der Waals surface area contributed by atoms with Crippen molar-refractivity contribution in [1.82, 2.24) is 0 Å². The third kappa shape index (κ3) is 4.31. The summed E-state index contributed by atoms with van der Waals surface area (Å²) in [5.41, 5.74) is 11.1. The fourth-order valence-electron chi connectivity index (χ4n) is 0.807. The van der Waals surface area contributed by atoms with E-state index >= 15 is 0 Å². The van der Waals surface area contributed by atoms with E-state index in [1.165, 1.54) is 0 Å². The second-order valence-electron chi connectivity index (χ2n) is 2.33. The normalized spacial score (nSPS) is 16.4. The Morgan fingerprint density at radius 1 is 1.45 bits per heavy atom. The Hall–Kier alpha value is -0.160. The molecule has 0 radical (unpaired) electrons. The zero-order chi connectivity index (χ0) is 8.69. The van der Waals surface area contributed by atoms with Crippen LogP contribution in [0, 0.1) is 0 Å². The molecule has 0 aliphatic rings. The number of ether oxygens (including phenoxy) is 2. The predicted molar refractivity (Wildman–Crippen MR) is 44.3 cm³/mol. The number of hydrogen-bond donors (Lipinski definition) is 2. The first-order chi connectivity index (χ1) is 5.26. The van der Waals surface area contributed by atoms with Gasteiger partial charge < -0.3 is 20.9 Å². The van der Waals surface area contributed by atoms with Crippen molar-refractivity contribution >= 4 is 0 Å². The number of hydrogen-bond acceptors (Lipinski definition) is 4. The molecule has 11 heavy (non-hydrogen) atoms. The van der Waals surface area contributed by atoms with E-state index in [-0.39, 0.29) is 12.1 Å². The monoisotopic (exact) mass is 162 g/mol. The SMILES string of the molecule is CCOCC(N)C(CN)OC. The highest BCUT2D eigenvalue weighted by molar-refractivity contribution is 4.73.